The van der Waals surface area contributed by atoms with E-state index in [1.165, 1.54) is 0 Å². The molecule has 0 aromatic carbocycles. The van der Waals surface area contributed by atoms with Gasteiger partial charge in [-0.25, -0.2) is 9.59 Å². The maximum atomic E-state index is 11.4. The number of nitrogens with one attached hydrogen (secondary N) is 2. The lowest BCUT2D eigenvalue weighted by Crippen LogP contribution is -2.48. The van der Waals surface area contributed by atoms with Crippen molar-refractivity contribution in [3.05, 3.63) is 0 Å². The highest BCUT2D eigenvalue weighted by Crippen LogP contribution is 2.07. The van der Waals surface area contributed by atoms with E-state index < -0.39 is 30.4 Å². The zero-order chi connectivity index (χ0) is 14.3. The van der Waals surface area contributed by atoms with Gasteiger partial charge in [-0.05, 0) is 11.8 Å². The molecular weight excluding hydrogens is 240 g/mol. The second-order valence-electron chi connectivity index (χ2n) is 4.56. The molecule has 2 unspecified atom stereocenters. The summed E-state index contributed by atoms with van der Waals surface area (Å²) < 4.78 is 0. The molecule has 0 radical (unpaired) electrons. The summed E-state index contributed by atoms with van der Waals surface area (Å²) >= 11 is 0. The fourth-order valence-corrected chi connectivity index (χ4v) is 1.07. The Morgan fingerprint density at radius 3 is 2.06 bits per heavy atom. The summed E-state index contributed by atoms with van der Waals surface area (Å²) in [6, 6.07) is -2.09. The largest absolute Gasteiger partial charge is 0.481 e. The number of carbonyl (C=O) groups excluding carboxylic acids is 1. The first-order valence-electron chi connectivity index (χ1n) is 5.73. The van der Waals surface area contributed by atoms with E-state index in [1.54, 1.807) is 0 Å². The maximum absolute atomic E-state index is 11.4. The van der Waals surface area contributed by atoms with Gasteiger partial charge in [0.25, 0.3) is 0 Å². The van der Waals surface area contributed by atoms with Gasteiger partial charge in [-0.1, -0.05) is 20.8 Å². The number of rotatable bonds is 7. The lowest BCUT2D eigenvalue weighted by atomic mass is 9.98. The zero-order valence-corrected chi connectivity index (χ0v) is 10.8. The zero-order valence-electron chi connectivity index (χ0n) is 10.8. The smallest absolute Gasteiger partial charge is 0.326 e. The lowest BCUT2D eigenvalue weighted by Gasteiger charge is -2.18. The molecule has 0 fully saturated rings. The molecule has 0 bridgehead atoms. The summed E-state index contributed by atoms with van der Waals surface area (Å²) in [7, 11) is 0. The van der Waals surface area contributed by atoms with Crippen molar-refractivity contribution in [2.75, 3.05) is 6.54 Å². The topological polar surface area (TPSA) is 116 Å². The molecule has 0 aromatic rings. The van der Waals surface area contributed by atoms with Crippen LogP contribution in [0.4, 0.5) is 4.79 Å². The van der Waals surface area contributed by atoms with Crippen LogP contribution < -0.4 is 10.6 Å². The average molecular weight is 260 g/mol. The summed E-state index contributed by atoms with van der Waals surface area (Å²) in [5, 5.41) is 21.9. The van der Waals surface area contributed by atoms with Crippen molar-refractivity contribution in [1.82, 2.24) is 10.6 Å². The van der Waals surface area contributed by atoms with Gasteiger partial charge in [0, 0.05) is 6.54 Å². The Morgan fingerprint density at radius 1 is 1.11 bits per heavy atom. The van der Waals surface area contributed by atoms with Crippen molar-refractivity contribution in [3.8, 4) is 0 Å². The molecule has 0 aliphatic heterocycles. The quantitative estimate of drug-likeness (QED) is 0.532. The van der Waals surface area contributed by atoms with Gasteiger partial charge in [0.15, 0.2) is 0 Å². The van der Waals surface area contributed by atoms with Gasteiger partial charge in [0.1, 0.15) is 6.04 Å². The molecule has 4 N–H and O–H groups in total. The Bertz CT molecular complexity index is 317. The van der Waals surface area contributed by atoms with E-state index in [-0.39, 0.29) is 5.92 Å². The number of aliphatic carboxylic acids is 2. The van der Waals surface area contributed by atoms with Crippen LogP contribution >= 0.6 is 0 Å². The molecule has 104 valence electrons. The summed E-state index contributed by atoms with van der Waals surface area (Å²) in [5.41, 5.74) is 0. The number of carboxylic acids is 2. The molecule has 0 saturated heterocycles. The number of hydrogen-bond acceptors (Lipinski definition) is 3. The normalized spacial score (nSPS) is 13.8. The van der Waals surface area contributed by atoms with Gasteiger partial charge in [0.2, 0.25) is 0 Å². The van der Waals surface area contributed by atoms with Crippen LogP contribution in [0.3, 0.4) is 0 Å². The van der Waals surface area contributed by atoms with E-state index in [2.05, 4.69) is 10.6 Å². The van der Waals surface area contributed by atoms with E-state index >= 15 is 0 Å². The molecule has 0 saturated carbocycles. The van der Waals surface area contributed by atoms with Crippen molar-refractivity contribution < 1.29 is 24.6 Å². The van der Waals surface area contributed by atoms with Crippen LogP contribution in [0.1, 0.15) is 27.2 Å². The molecule has 18 heavy (non-hydrogen) atoms. The Kier molecular flexibility index (Phi) is 6.77. The molecule has 2 atom stereocenters. The average Bonchev–Trinajstić information content (AvgIpc) is 2.23. The number of carboxylic acid groups (broad SMARTS) is 2. The Balaban J connectivity index is 4.18. The minimum atomic E-state index is -1.42. The second-order valence-corrected chi connectivity index (χ2v) is 4.56. The molecule has 7 nitrogen and oxygen atoms in total. The minimum absolute atomic E-state index is 0.249. The van der Waals surface area contributed by atoms with Gasteiger partial charge in [0.05, 0.1) is 6.42 Å². The lowest BCUT2D eigenvalue weighted by molar-refractivity contribution is -0.145. The predicted octanol–water partition coefficient (Wildman–Crippen LogP) is 0.506. The number of carbonyl (C=O) groups is 3. The van der Waals surface area contributed by atoms with Gasteiger partial charge < -0.3 is 20.8 Å². The van der Waals surface area contributed by atoms with E-state index in [0.717, 1.165) is 0 Å². The van der Waals surface area contributed by atoms with Crippen LogP contribution in [0.25, 0.3) is 0 Å². The fourth-order valence-electron chi connectivity index (χ4n) is 1.07. The standard InChI is InChI=1S/C11H20N2O5/c1-6(2)7(3)5-12-11(18)13-8(10(16)17)4-9(14)15/h6-8H,4-5H2,1-3H3,(H,14,15)(H,16,17)(H2,12,13,18). The van der Waals surface area contributed by atoms with Crippen molar-refractivity contribution in [3.63, 3.8) is 0 Å². The van der Waals surface area contributed by atoms with Crippen molar-refractivity contribution in [2.24, 2.45) is 11.8 Å². The Hall–Kier alpha value is -1.79. The van der Waals surface area contributed by atoms with E-state index in [4.69, 9.17) is 10.2 Å². The summed E-state index contributed by atoms with van der Waals surface area (Å²) in [5.74, 6) is -2.01. The molecule has 7 heteroatoms. The Morgan fingerprint density at radius 2 is 1.67 bits per heavy atom. The molecule has 2 amide bonds. The molecule has 0 aliphatic rings. The third-order valence-electron chi connectivity index (χ3n) is 2.70. The summed E-state index contributed by atoms with van der Waals surface area (Å²) in [4.78, 5) is 32.5. The van der Waals surface area contributed by atoms with Crippen LogP contribution in [0, 0.1) is 11.8 Å². The second kappa shape index (κ2) is 7.52. The number of amides is 2. The summed E-state index contributed by atoms with van der Waals surface area (Å²) in [6.07, 6.45) is -0.650. The van der Waals surface area contributed by atoms with Crippen LogP contribution in [0.5, 0.6) is 0 Å². The van der Waals surface area contributed by atoms with Crippen molar-refractivity contribution in [2.45, 2.75) is 33.2 Å². The highest BCUT2D eigenvalue weighted by molar-refractivity contribution is 5.86. The van der Waals surface area contributed by atoms with Gasteiger partial charge >= 0.3 is 18.0 Å². The number of urea groups is 1. The van der Waals surface area contributed by atoms with Gasteiger partial charge in [-0.15, -0.1) is 0 Å². The first-order valence-corrected chi connectivity index (χ1v) is 5.73. The fraction of sp³-hybridized carbons (Fsp3) is 0.727. The van der Waals surface area contributed by atoms with Crippen molar-refractivity contribution in [1.29, 1.82) is 0 Å². The van der Waals surface area contributed by atoms with Crippen LogP contribution in [0.15, 0.2) is 0 Å². The van der Waals surface area contributed by atoms with E-state index in [0.29, 0.717) is 12.5 Å². The van der Waals surface area contributed by atoms with Gasteiger partial charge in [-0.2, -0.15) is 0 Å². The first-order chi connectivity index (χ1) is 8.23. The first kappa shape index (κ1) is 16.2. The summed E-state index contributed by atoms with van der Waals surface area (Å²) in [6.45, 7) is 6.38. The third kappa shape index (κ3) is 6.72. The number of hydrogen-bond donors (Lipinski definition) is 4. The monoisotopic (exact) mass is 260 g/mol. The molecular formula is C11H20N2O5. The van der Waals surface area contributed by atoms with Crippen LogP contribution in [-0.4, -0.2) is 40.8 Å². The molecule has 0 spiro atoms. The SMILES string of the molecule is CC(C)C(C)CNC(=O)NC(CC(=O)O)C(=O)O. The third-order valence-corrected chi connectivity index (χ3v) is 2.70. The van der Waals surface area contributed by atoms with Gasteiger partial charge in [-0.3, -0.25) is 4.79 Å². The van der Waals surface area contributed by atoms with Crippen LogP contribution in [0.2, 0.25) is 0 Å². The highest BCUT2D eigenvalue weighted by Gasteiger charge is 2.23. The Labute approximate surface area is 106 Å². The molecule has 0 heterocycles. The van der Waals surface area contributed by atoms with E-state index in [9.17, 15) is 14.4 Å². The van der Waals surface area contributed by atoms with E-state index in [1.807, 2.05) is 20.8 Å². The molecule has 0 rings (SSSR count). The van der Waals surface area contributed by atoms with Crippen LogP contribution in [-0.2, 0) is 9.59 Å². The predicted molar refractivity (Wildman–Crippen MR) is 64.2 cm³/mol. The molecule has 0 aliphatic carbocycles. The van der Waals surface area contributed by atoms with Crippen molar-refractivity contribution >= 4 is 18.0 Å². The molecule has 0 aromatic heterocycles. The minimum Gasteiger partial charge on any atom is -0.481 e. The maximum Gasteiger partial charge on any atom is 0.326 e. The highest BCUT2D eigenvalue weighted by atomic mass is 16.4.